The number of fused-ring (bicyclic) bond motifs is 1. The molecule has 0 atom stereocenters. The number of nitrogens with one attached hydrogen (secondary N) is 1. The number of carbonyl (C=O) groups excluding carboxylic acids is 1. The van der Waals surface area contributed by atoms with E-state index in [1.807, 2.05) is 18.2 Å². The predicted octanol–water partition coefficient (Wildman–Crippen LogP) is 4.79. The third-order valence-corrected chi connectivity index (χ3v) is 6.08. The molecule has 3 heterocycles. The van der Waals surface area contributed by atoms with E-state index in [4.69, 9.17) is 4.42 Å². The molecule has 2 aromatic heterocycles. The van der Waals surface area contributed by atoms with Gasteiger partial charge in [0.25, 0.3) is 5.91 Å². The van der Waals surface area contributed by atoms with Crippen LogP contribution in [0.5, 0.6) is 0 Å². The first-order valence-corrected chi connectivity index (χ1v) is 10.1. The molecule has 1 aromatic carbocycles. The molecular weight excluding hydrogens is 426 g/mol. The van der Waals surface area contributed by atoms with Gasteiger partial charge in [-0.3, -0.25) is 9.69 Å². The highest BCUT2D eigenvalue weighted by molar-refractivity contribution is 9.10. The van der Waals surface area contributed by atoms with Crippen molar-refractivity contribution in [2.45, 2.75) is 19.5 Å². The van der Waals surface area contributed by atoms with Gasteiger partial charge in [0.1, 0.15) is 11.1 Å². The minimum atomic E-state index is -0.350. The largest absolute Gasteiger partial charge is 0.444 e. The van der Waals surface area contributed by atoms with E-state index in [9.17, 15) is 10.1 Å². The molecule has 3 aromatic rings. The number of benzene rings is 1. The Bertz CT molecular complexity index is 1020. The molecule has 0 bridgehead atoms. The summed E-state index contributed by atoms with van der Waals surface area (Å²) in [4.78, 5) is 15.9. The zero-order chi connectivity index (χ0) is 18.8. The van der Waals surface area contributed by atoms with E-state index in [0.717, 1.165) is 36.5 Å². The predicted molar refractivity (Wildman–Crippen MR) is 108 cm³/mol. The molecule has 4 rings (SSSR count). The van der Waals surface area contributed by atoms with E-state index in [1.54, 1.807) is 12.1 Å². The molecule has 0 radical (unpaired) electrons. The van der Waals surface area contributed by atoms with Gasteiger partial charge in [-0.1, -0.05) is 30.3 Å². The van der Waals surface area contributed by atoms with Crippen LogP contribution in [-0.4, -0.2) is 17.4 Å². The number of hydrogen-bond acceptors (Lipinski definition) is 5. The minimum absolute atomic E-state index is 0.211. The summed E-state index contributed by atoms with van der Waals surface area (Å²) in [5.74, 6) is -0.139. The fraction of sp³-hybridized carbons (Fsp3) is 0.200. The highest BCUT2D eigenvalue weighted by Gasteiger charge is 2.26. The number of amides is 1. The van der Waals surface area contributed by atoms with Crippen LogP contribution in [0.1, 0.15) is 32.1 Å². The number of nitriles is 1. The van der Waals surface area contributed by atoms with Crippen molar-refractivity contribution in [1.82, 2.24) is 4.90 Å². The van der Waals surface area contributed by atoms with Crippen molar-refractivity contribution in [3.63, 3.8) is 0 Å². The van der Waals surface area contributed by atoms with Gasteiger partial charge < -0.3 is 9.73 Å². The summed E-state index contributed by atoms with van der Waals surface area (Å²) in [6, 6.07) is 15.9. The average molecular weight is 442 g/mol. The first-order chi connectivity index (χ1) is 13.1. The van der Waals surface area contributed by atoms with Crippen molar-refractivity contribution in [1.29, 1.82) is 5.26 Å². The molecule has 5 nitrogen and oxygen atoms in total. The van der Waals surface area contributed by atoms with E-state index in [-0.39, 0.29) is 11.7 Å². The van der Waals surface area contributed by atoms with E-state index < -0.39 is 0 Å². The van der Waals surface area contributed by atoms with E-state index in [0.29, 0.717) is 15.2 Å². The highest BCUT2D eigenvalue weighted by atomic mass is 79.9. The van der Waals surface area contributed by atoms with Gasteiger partial charge in [-0.05, 0) is 45.6 Å². The summed E-state index contributed by atoms with van der Waals surface area (Å²) in [7, 11) is 0. The molecule has 1 aliphatic heterocycles. The standard InChI is InChI=1S/C20H16BrN3O2S/c21-18-7-6-16(26-18)19(25)23-20-15(10-22)14-8-9-24(12-17(14)27-20)11-13-4-2-1-3-5-13/h1-7H,8-9,11-12H2,(H,23,25). The fourth-order valence-corrected chi connectivity index (χ4v) is 4.78. The van der Waals surface area contributed by atoms with Crippen molar-refractivity contribution in [2.75, 3.05) is 11.9 Å². The summed E-state index contributed by atoms with van der Waals surface area (Å²) in [5.41, 5.74) is 2.91. The van der Waals surface area contributed by atoms with Crippen LogP contribution in [0.4, 0.5) is 5.00 Å². The molecule has 1 aliphatic rings. The number of anilines is 1. The van der Waals surface area contributed by atoms with Crippen LogP contribution in [0.3, 0.4) is 0 Å². The number of thiophene rings is 1. The number of rotatable bonds is 4. The van der Waals surface area contributed by atoms with Gasteiger partial charge in [0.2, 0.25) is 0 Å². The SMILES string of the molecule is N#Cc1c(NC(=O)c2ccc(Br)o2)sc2c1CCN(Cc1ccccc1)C2. The Labute approximate surface area is 169 Å². The van der Waals surface area contributed by atoms with Crippen molar-refractivity contribution < 1.29 is 9.21 Å². The molecule has 0 saturated heterocycles. The molecule has 0 aliphatic carbocycles. The van der Waals surface area contributed by atoms with E-state index in [1.165, 1.54) is 16.9 Å². The lowest BCUT2D eigenvalue weighted by Crippen LogP contribution is -2.29. The van der Waals surface area contributed by atoms with Gasteiger partial charge >= 0.3 is 0 Å². The molecule has 0 saturated carbocycles. The van der Waals surface area contributed by atoms with Crippen molar-refractivity contribution in [2.24, 2.45) is 0 Å². The maximum absolute atomic E-state index is 12.4. The minimum Gasteiger partial charge on any atom is -0.444 e. The van der Waals surface area contributed by atoms with Gasteiger partial charge in [-0.15, -0.1) is 11.3 Å². The van der Waals surface area contributed by atoms with Gasteiger partial charge in [-0.25, -0.2) is 0 Å². The molecule has 0 fully saturated rings. The van der Waals surface area contributed by atoms with Gasteiger partial charge in [0.05, 0.1) is 5.56 Å². The maximum atomic E-state index is 12.4. The van der Waals surface area contributed by atoms with Crippen molar-refractivity contribution in [3.8, 4) is 6.07 Å². The van der Waals surface area contributed by atoms with Gasteiger partial charge in [-0.2, -0.15) is 5.26 Å². The molecule has 0 unspecified atom stereocenters. The second-order valence-corrected chi connectivity index (χ2v) is 8.21. The third kappa shape index (κ3) is 3.83. The maximum Gasteiger partial charge on any atom is 0.292 e. The number of nitrogens with zero attached hydrogens (tertiary/aromatic N) is 2. The topological polar surface area (TPSA) is 69.3 Å². The first-order valence-electron chi connectivity index (χ1n) is 8.51. The van der Waals surface area contributed by atoms with Crippen LogP contribution >= 0.6 is 27.3 Å². The molecular formula is C20H16BrN3O2S. The van der Waals surface area contributed by atoms with Crippen LogP contribution in [0.25, 0.3) is 0 Å². The Hall–Kier alpha value is -2.40. The Morgan fingerprint density at radius 2 is 2.11 bits per heavy atom. The summed E-state index contributed by atoms with van der Waals surface area (Å²) < 4.78 is 5.79. The van der Waals surface area contributed by atoms with Gasteiger partial charge in [0.15, 0.2) is 10.4 Å². The lowest BCUT2D eigenvalue weighted by atomic mass is 10.0. The fourth-order valence-electron chi connectivity index (χ4n) is 3.24. The first kappa shape index (κ1) is 18.0. The van der Waals surface area contributed by atoms with Crippen LogP contribution in [0, 0.1) is 11.3 Å². The number of carbonyl (C=O) groups is 1. The second-order valence-electron chi connectivity index (χ2n) is 6.32. The smallest absolute Gasteiger partial charge is 0.292 e. The van der Waals surface area contributed by atoms with Crippen LogP contribution in [0.15, 0.2) is 51.6 Å². The molecule has 1 N–H and O–H groups in total. The quantitative estimate of drug-likeness (QED) is 0.631. The average Bonchev–Trinajstić information content (AvgIpc) is 3.25. The Morgan fingerprint density at radius 3 is 2.81 bits per heavy atom. The molecule has 0 spiro atoms. The zero-order valence-electron chi connectivity index (χ0n) is 14.4. The molecule has 1 amide bonds. The third-order valence-electron chi connectivity index (χ3n) is 4.52. The van der Waals surface area contributed by atoms with Crippen molar-refractivity contribution in [3.05, 3.63) is 74.5 Å². The summed E-state index contributed by atoms with van der Waals surface area (Å²) in [6.45, 7) is 2.56. The molecule has 136 valence electrons. The number of halogens is 1. The summed E-state index contributed by atoms with van der Waals surface area (Å²) in [6.07, 6.45) is 0.809. The zero-order valence-corrected chi connectivity index (χ0v) is 16.8. The summed E-state index contributed by atoms with van der Waals surface area (Å²) in [5, 5.41) is 13.0. The van der Waals surface area contributed by atoms with E-state index >= 15 is 0 Å². The Kier molecular flexibility index (Phi) is 5.12. The highest BCUT2D eigenvalue weighted by Crippen LogP contribution is 2.37. The summed E-state index contributed by atoms with van der Waals surface area (Å²) >= 11 is 4.67. The van der Waals surface area contributed by atoms with Gasteiger partial charge in [0, 0.05) is 24.5 Å². The number of hydrogen-bond donors (Lipinski definition) is 1. The lowest BCUT2D eigenvalue weighted by Gasteiger charge is -2.26. The van der Waals surface area contributed by atoms with Crippen LogP contribution in [0.2, 0.25) is 0 Å². The lowest BCUT2D eigenvalue weighted by molar-refractivity contribution is 0.0996. The monoisotopic (exact) mass is 441 g/mol. The Morgan fingerprint density at radius 1 is 1.30 bits per heavy atom. The number of furan rings is 1. The molecule has 27 heavy (non-hydrogen) atoms. The van der Waals surface area contributed by atoms with Crippen LogP contribution in [-0.2, 0) is 19.5 Å². The normalized spacial score (nSPS) is 13.8. The van der Waals surface area contributed by atoms with Crippen molar-refractivity contribution >= 4 is 38.2 Å². The Balaban J connectivity index is 1.53. The molecule has 7 heteroatoms. The van der Waals surface area contributed by atoms with E-state index in [2.05, 4.69) is 44.3 Å². The van der Waals surface area contributed by atoms with Crippen LogP contribution < -0.4 is 5.32 Å². The second kappa shape index (κ2) is 7.69.